The molecule has 22 heavy (non-hydrogen) atoms. The molecule has 4 rings (SSSR count). The molecule has 0 spiro atoms. The Labute approximate surface area is 135 Å². The molecule has 114 valence electrons. The summed E-state index contributed by atoms with van der Waals surface area (Å²) in [6.07, 6.45) is 5.82. The van der Waals surface area contributed by atoms with Crippen LogP contribution in [0.5, 0.6) is 0 Å². The summed E-state index contributed by atoms with van der Waals surface area (Å²) >= 11 is 1.82. The molecule has 1 amide bonds. The molecule has 2 heterocycles. The molecule has 0 radical (unpaired) electrons. The highest BCUT2D eigenvalue weighted by Gasteiger charge is 2.29. The Bertz CT molecular complexity index is 718. The minimum absolute atomic E-state index is 0.192. The molecule has 1 aromatic carbocycles. The number of aryl methyl sites for hydroxylation is 2. The summed E-state index contributed by atoms with van der Waals surface area (Å²) in [5.41, 5.74) is 5.03. The van der Waals surface area contributed by atoms with Gasteiger partial charge in [-0.2, -0.15) is 0 Å². The molecule has 1 aromatic heterocycles. The van der Waals surface area contributed by atoms with Crippen molar-refractivity contribution in [1.29, 1.82) is 0 Å². The highest BCUT2D eigenvalue weighted by molar-refractivity contribution is 7.10. The summed E-state index contributed by atoms with van der Waals surface area (Å²) in [6, 6.07) is 8.72. The fourth-order valence-electron chi connectivity index (χ4n) is 3.82. The molecule has 0 bridgehead atoms. The lowest BCUT2D eigenvalue weighted by atomic mass is 9.90. The van der Waals surface area contributed by atoms with Crippen LogP contribution < -0.4 is 0 Å². The van der Waals surface area contributed by atoms with Gasteiger partial charge in [-0.05, 0) is 79.3 Å². The molecule has 1 atom stereocenters. The maximum absolute atomic E-state index is 13.0. The average molecular weight is 311 g/mol. The van der Waals surface area contributed by atoms with E-state index in [1.54, 1.807) is 0 Å². The largest absolute Gasteiger partial charge is 0.331 e. The second-order valence-electron chi connectivity index (χ2n) is 6.41. The quantitative estimate of drug-likeness (QED) is 0.765. The van der Waals surface area contributed by atoms with Gasteiger partial charge in [0.05, 0.1) is 6.04 Å². The van der Waals surface area contributed by atoms with Gasteiger partial charge in [-0.1, -0.05) is 6.07 Å². The monoisotopic (exact) mass is 311 g/mol. The molecule has 2 aliphatic rings. The molecule has 2 nitrogen and oxygen atoms in total. The minimum Gasteiger partial charge on any atom is -0.331 e. The Balaban J connectivity index is 1.62. The molecule has 0 saturated heterocycles. The maximum Gasteiger partial charge on any atom is 0.254 e. The van der Waals surface area contributed by atoms with Crippen LogP contribution in [0.25, 0.3) is 0 Å². The van der Waals surface area contributed by atoms with Crippen LogP contribution in [0.3, 0.4) is 0 Å². The number of rotatable bonds is 1. The van der Waals surface area contributed by atoms with Gasteiger partial charge in [0.15, 0.2) is 0 Å². The van der Waals surface area contributed by atoms with Gasteiger partial charge in [-0.3, -0.25) is 4.79 Å². The predicted octanol–water partition coefficient (Wildman–Crippen LogP) is 4.39. The van der Waals surface area contributed by atoms with Gasteiger partial charge < -0.3 is 4.90 Å². The summed E-state index contributed by atoms with van der Waals surface area (Å²) in [7, 11) is 0. The van der Waals surface area contributed by atoms with E-state index in [0.717, 1.165) is 24.9 Å². The van der Waals surface area contributed by atoms with E-state index in [4.69, 9.17) is 0 Å². The van der Waals surface area contributed by atoms with Crippen LogP contribution in [0, 0.1) is 0 Å². The summed E-state index contributed by atoms with van der Waals surface area (Å²) in [6.45, 7) is 2.99. The molecule has 1 aliphatic heterocycles. The maximum atomic E-state index is 13.0. The zero-order valence-corrected chi connectivity index (χ0v) is 13.8. The first kappa shape index (κ1) is 14.0. The summed E-state index contributed by atoms with van der Waals surface area (Å²) in [4.78, 5) is 16.4. The number of fused-ring (bicyclic) bond motifs is 2. The second-order valence-corrected chi connectivity index (χ2v) is 7.41. The van der Waals surface area contributed by atoms with E-state index in [-0.39, 0.29) is 11.9 Å². The van der Waals surface area contributed by atoms with Crippen molar-refractivity contribution < 1.29 is 4.79 Å². The normalized spacial score (nSPS) is 20.4. The molecule has 1 aliphatic carbocycles. The first-order chi connectivity index (χ1) is 10.7. The Hall–Kier alpha value is -1.61. The Morgan fingerprint density at radius 2 is 1.95 bits per heavy atom. The lowest BCUT2D eigenvalue weighted by Gasteiger charge is -2.34. The van der Waals surface area contributed by atoms with E-state index >= 15 is 0 Å². The van der Waals surface area contributed by atoms with Crippen molar-refractivity contribution in [3.8, 4) is 0 Å². The fraction of sp³-hybridized carbons (Fsp3) is 0.421. The molecule has 2 aromatic rings. The first-order valence-electron chi connectivity index (χ1n) is 8.23. The van der Waals surface area contributed by atoms with E-state index in [1.165, 1.54) is 40.8 Å². The number of thiophene rings is 1. The molecular weight excluding hydrogens is 290 g/mol. The summed E-state index contributed by atoms with van der Waals surface area (Å²) < 4.78 is 0. The van der Waals surface area contributed by atoms with Crippen LogP contribution in [0.15, 0.2) is 29.6 Å². The standard InChI is InChI=1S/C19H21NOS/c1-13-17-9-11-22-18(17)8-10-20(13)19(21)16-7-6-14-4-2-3-5-15(14)12-16/h6-7,9,11-13H,2-5,8,10H2,1H3/t13-/m0/s1. The van der Waals surface area contributed by atoms with E-state index in [1.807, 2.05) is 22.3 Å². The SMILES string of the molecule is C[C@H]1c2ccsc2CCN1C(=O)c1ccc2c(c1)CCCC2. The van der Waals surface area contributed by atoms with E-state index in [9.17, 15) is 4.79 Å². The molecule has 0 saturated carbocycles. The molecule has 0 unspecified atom stereocenters. The number of hydrogen-bond donors (Lipinski definition) is 0. The van der Waals surface area contributed by atoms with Gasteiger partial charge in [0.25, 0.3) is 5.91 Å². The van der Waals surface area contributed by atoms with Gasteiger partial charge in [0.2, 0.25) is 0 Å². The minimum atomic E-state index is 0.192. The van der Waals surface area contributed by atoms with Gasteiger partial charge in [-0.15, -0.1) is 11.3 Å². The van der Waals surface area contributed by atoms with Crippen LogP contribution >= 0.6 is 11.3 Å². The van der Waals surface area contributed by atoms with Crippen molar-refractivity contribution >= 4 is 17.2 Å². The Kier molecular flexibility index (Phi) is 3.53. The van der Waals surface area contributed by atoms with Crippen LogP contribution in [-0.2, 0) is 19.3 Å². The molecule has 0 N–H and O–H groups in total. The number of benzene rings is 1. The van der Waals surface area contributed by atoms with Gasteiger partial charge in [0, 0.05) is 17.0 Å². The van der Waals surface area contributed by atoms with Gasteiger partial charge in [0.1, 0.15) is 0 Å². The molecule has 3 heteroatoms. The number of nitrogens with zero attached hydrogens (tertiary/aromatic N) is 1. The molecular formula is C19H21NOS. The summed E-state index contributed by atoms with van der Waals surface area (Å²) in [5, 5.41) is 2.15. The number of amides is 1. The fourth-order valence-corrected chi connectivity index (χ4v) is 4.78. The van der Waals surface area contributed by atoms with Crippen molar-refractivity contribution in [1.82, 2.24) is 4.90 Å². The van der Waals surface area contributed by atoms with Crippen molar-refractivity contribution in [3.05, 3.63) is 56.8 Å². The van der Waals surface area contributed by atoms with Crippen LogP contribution in [0.2, 0.25) is 0 Å². The smallest absolute Gasteiger partial charge is 0.254 e. The molecule has 0 fully saturated rings. The predicted molar refractivity (Wildman–Crippen MR) is 90.6 cm³/mol. The van der Waals surface area contributed by atoms with E-state index in [2.05, 4.69) is 30.5 Å². The van der Waals surface area contributed by atoms with Crippen molar-refractivity contribution in [2.24, 2.45) is 0 Å². The first-order valence-corrected chi connectivity index (χ1v) is 9.11. The van der Waals surface area contributed by atoms with Crippen LogP contribution in [0.4, 0.5) is 0 Å². The number of hydrogen-bond acceptors (Lipinski definition) is 2. The summed E-state index contributed by atoms with van der Waals surface area (Å²) in [5.74, 6) is 0.192. The van der Waals surface area contributed by atoms with Gasteiger partial charge in [-0.25, -0.2) is 0 Å². The Morgan fingerprint density at radius 1 is 1.14 bits per heavy atom. The zero-order chi connectivity index (χ0) is 15.1. The van der Waals surface area contributed by atoms with E-state index < -0.39 is 0 Å². The average Bonchev–Trinajstić information content (AvgIpc) is 3.04. The van der Waals surface area contributed by atoms with Gasteiger partial charge >= 0.3 is 0 Å². The van der Waals surface area contributed by atoms with Crippen molar-refractivity contribution in [2.45, 2.75) is 45.1 Å². The number of carbonyl (C=O) groups is 1. The lowest BCUT2D eigenvalue weighted by Crippen LogP contribution is -2.38. The highest BCUT2D eigenvalue weighted by atomic mass is 32.1. The van der Waals surface area contributed by atoms with Crippen LogP contribution in [-0.4, -0.2) is 17.4 Å². The lowest BCUT2D eigenvalue weighted by molar-refractivity contribution is 0.0679. The Morgan fingerprint density at radius 3 is 2.82 bits per heavy atom. The van der Waals surface area contributed by atoms with Crippen LogP contribution in [0.1, 0.15) is 57.7 Å². The van der Waals surface area contributed by atoms with E-state index in [0.29, 0.717) is 0 Å². The van der Waals surface area contributed by atoms with Crippen molar-refractivity contribution in [3.63, 3.8) is 0 Å². The number of carbonyl (C=O) groups excluding carboxylic acids is 1. The highest BCUT2D eigenvalue weighted by Crippen LogP contribution is 2.34. The third kappa shape index (κ3) is 2.28. The second kappa shape index (κ2) is 5.54. The topological polar surface area (TPSA) is 20.3 Å². The third-order valence-electron chi connectivity index (χ3n) is 5.13. The van der Waals surface area contributed by atoms with Crippen molar-refractivity contribution in [2.75, 3.05) is 6.54 Å². The third-order valence-corrected chi connectivity index (χ3v) is 6.13. The zero-order valence-electron chi connectivity index (χ0n) is 13.0.